The van der Waals surface area contributed by atoms with E-state index in [-0.39, 0.29) is 12.4 Å². The summed E-state index contributed by atoms with van der Waals surface area (Å²) in [6, 6.07) is 0. The smallest absolute Gasteiger partial charge is 0.00106 e. The van der Waals surface area contributed by atoms with Crippen molar-refractivity contribution in [1.29, 1.82) is 0 Å². The molecule has 3 heteroatoms. The van der Waals surface area contributed by atoms with E-state index in [2.05, 4.69) is 24.1 Å². The average molecular weight is 247 g/mol. The topological polar surface area (TPSA) is 15.3 Å². The van der Waals surface area contributed by atoms with Gasteiger partial charge in [0.1, 0.15) is 0 Å². The molecule has 0 aromatic carbocycles. The zero-order chi connectivity index (χ0) is 10.7. The lowest BCUT2D eigenvalue weighted by atomic mass is 9.82. The van der Waals surface area contributed by atoms with E-state index in [1.54, 1.807) is 0 Å². The van der Waals surface area contributed by atoms with Gasteiger partial charge in [0.25, 0.3) is 0 Å². The van der Waals surface area contributed by atoms with E-state index in [0.717, 1.165) is 5.92 Å². The van der Waals surface area contributed by atoms with Gasteiger partial charge in [0.15, 0.2) is 0 Å². The highest BCUT2D eigenvalue weighted by Crippen LogP contribution is 2.30. The number of likely N-dealkylation sites (tertiary alicyclic amines) is 1. The lowest BCUT2D eigenvalue weighted by molar-refractivity contribution is 0.110. The van der Waals surface area contributed by atoms with Gasteiger partial charge in [-0.05, 0) is 63.2 Å². The van der Waals surface area contributed by atoms with Crippen molar-refractivity contribution in [2.75, 3.05) is 32.7 Å². The Bertz CT molecular complexity index is 190. The first-order valence-corrected chi connectivity index (χ1v) is 6.59. The number of nitrogens with one attached hydrogen (secondary N) is 1. The largest absolute Gasteiger partial charge is 0.317 e. The maximum atomic E-state index is 3.45. The third-order valence-corrected chi connectivity index (χ3v) is 4.18. The van der Waals surface area contributed by atoms with Crippen molar-refractivity contribution >= 4 is 12.4 Å². The third kappa shape index (κ3) is 4.23. The molecule has 2 saturated heterocycles. The second kappa shape index (κ2) is 6.23. The van der Waals surface area contributed by atoms with Crippen molar-refractivity contribution in [3.63, 3.8) is 0 Å². The first-order valence-electron chi connectivity index (χ1n) is 6.59. The van der Waals surface area contributed by atoms with Crippen molar-refractivity contribution in [2.24, 2.45) is 11.3 Å². The van der Waals surface area contributed by atoms with Crippen LogP contribution in [-0.2, 0) is 0 Å². The lowest BCUT2D eigenvalue weighted by Crippen LogP contribution is -2.42. The van der Waals surface area contributed by atoms with Gasteiger partial charge in [-0.2, -0.15) is 0 Å². The Morgan fingerprint density at radius 2 is 1.69 bits per heavy atom. The van der Waals surface area contributed by atoms with Crippen LogP contribution in [0.25, 0.3) is 0 Å². The van der Waals surface area contributed by atoms with Gasteiger partial charge in [-0.15, -0.1) is 12.4 Å². The van der Waals surface area contributed by atoms with Crippen LogP contribution < -0.4 is 5.32 Å². The van der Waals surface area contributed by atoms with Crippen LogP contribution >= 0.6 is 12.4 Å². The van der Waals surface area contributed by atoms with Gasteiger partial charge in [0.05, 0.1) is 0 Å². The summed E-state index contributed by atoms with van der Waals surface area (Å²) in [5, 5.41) is 3.45. The monoisotopic (exact) mass is 246 g/mol. The van der Waals surface area contributed by atoms with Crippen LogP contribution in [0.5, 0.6) is 0 Å². The first-order chi connectivity index (χ1) is 7.16. The minimum Gasteiger partial charge on any atom is -0.317 e. The fraction of sp³-hybridized carbons (Fsp3) is 1.00. The minimum atomic E-state index is 0. The Labute approximate surface area is 107 Å². The molecule has 2 nitrogen and oxygen atoms in total. The molecule has 0 spiro atoms. The predicted octanol–water partition coefficient (Wildman–Crippen LogP) is 2.53. The van der Waals surface area contributed by atoms with Gasteiger partial charge < -0.3 is 10.2 Å². The van der Waals surface area contributed by atoms with E-state index in [1.165, 1.54) is 58.4 Å². The lowest BCUT2D eigenvalue weighted by Gasteiger charge is -2.39. The van der Waals surface area contributed by atoms with Crippen LogP contribution in [0.3, 0.4) is 0 Å². The SMILES string of the molecule is CC1(C)CCN(CC2CCNCC2)CC1.Cl. The zero-order valence-electron chi connectivity index (χ0n) is 10.8. The van der Waals surface area contributed by atoms with E-state index in [4.69, 9.17) is 0 Å². The van der Waals surface area contributed by atoms with E-state index in [0.29, 0.717) is 5.41 Å². The van der Waals surface area contributed by atoms with Crippen molar-refractivity contribution in [3.05, 3.63) is 0 Å². The fourth-order valence-corrected chi connectivity index (χ4v) is 2.77. The second-order valence-corrected chi connectivity index (χ2v) is 6.16. The van der Waals surface area contributed by atoms with Crippen molar-refractivity contribution in [1.82, 2.24) is 10.2 Å². The number of halogens is 1. The van der Waals surface area contributed by atoms with Gasteiger partial charge in [-0.1, -0.05) is 13.8 Å². The Hall–Kier alpha value is 0.210. The molecular weight excluding hydrogens is 220 g/mol. The molecule has 0 aromatic heterocycles. The number of nitrogens with zero attached hydrogens (tertiary/aromatic N) is 1. The molecule has 0 aromatic rings. The van der Waals surface area contributed by atoms with Gasteiger partial charge in [0.2, 0.25) is 0 Å². The fourth-order valence-electron chi connectivity index (χ4n) is 2.77. The van der Waals surface area contributed by atoms with Crippen LogP contribution in [0.1, 0.15) is 39.5 Å². The normalized spacial score (nSPS) is 27.4. The number of hydrogen-bond acceptors (Lipinski definition) is 2. The summed E-state index contributed by atoms with van der Waals surface area (Å²) in [6.07, 6.45) is 5.55. The van der Waals surface area contributed by atoms with E-state index < -0.39 is 0 Å². The Kier molecular flexibility index (Phi) is 5.55. The molecule has 96 valence electrons. The average Bonchev–Trinajstić information content (AvgIpc) is 2.23. The van der Waals surface area contributed by atoms with Gasteiger partial charge in [-0.25, -0.2) is 0 Å². The Morgan fingerprint density at radius 3 is 2.25 bits per heavy atom. The van der Waals surface area contributed by atoms with Gasteiger partial charge in [0, 0.05) is 6.54 Å². The zero-order valence-corrected chi connectivity index (χ0v) is 11.6. The van der Waals surface area contributed by atoms with Crippen molar-refractivity contribution < 1.29 is 0 Å². The standard InChI is InChI=1S/C13H26N2.ClH/c1-13(2)5-9-15(10-6-13)11-12-3-7-14-8-4-12;/h12,14H,3-11H2,1-2H3;1H. The maximum Gasteiger partial charge on any atom is 0.00106 e. The highest BCUT2D eigenvalue weighted by molar-refractivity contribution is 5.85. The quantitative estimate of drug-likeness (QED) is 0.806. The Morgan fingerprint density at radius 1 is 1.12 bits per heavy atom. The van der Waals surface area contributed by atoms with E-state index in [9.17, 15) is 0 Å². The summed E-state index contributed by atoms with van der Waals surface area (Å²) in [5.74, 6) is 0.965. The van der Waals surface area contributed by atoms with Crippen LogP contribution in [0.15, 0.2) is 0 Å². The summed E-state index contributed by atoms with van der Waals surface area (Å²) in [4.78, 5) is 2.70. The van der Waals surface area contributed by atoms with Crippen molar-refractivity contribution in [2.45, 2.75) is 39.5 Å². The molecule has 2 aliphatic rings. The molecular formula is C13H27ClN2. The molecule has 16 heavy (non-hydrogen) atoms. The molecule has 0 aliphatic carbocycles. The highest BCUT2D eigenvalue weighted by atomic mass is 35.5. The Balaban J connectivity index is 0.00000128. The molecule has 0 atom stereocenters. The molecule has 2 fully saturated rings. The van der Waals surface area contributed by atoms with E-state index in [1.807, 2.05) is 0 Å². The number of rotatable bonds is 2. The molecule has 0 unspecified atom stereocenters. The third-order valence-electron chi connectivity index (χ3n) is 4.18. The molecule has 0 radical (unpaired) electrons. The summed E-state index contributed by atoms with van der Waals surface area (Å²) in [7, 11) is 0. The molecule has 0 saturated carbocycles. The maximum absolute atomic E-state index is 3.45. The van der Waals surface area contributed by atoms with Gasteiger partial charge >= 0.3 is 0 Å². The second-order valence-electron chi connectivity index (χ2n) is 6.16. The summed E-state index contributed by atoms with van der Waals surface area (Å²) in [6.45, 7) is 11.3. The number of piperidine rings is 2. The minimum absolute atomic E-state index is 0. The van der Waals surface area contributed by atoms with Crippen LogP contribution in [-0.4, -0.2) is 37.6 Å². The predicted molar refractivity (Wildman–Crippen MR) is 72.3 cm³/mol. The molecule has 2 aliphatic heterocycles. The molecule has 0 bridgehead atoms. The van der Waals surface area contributed by atoms with Crippen molar-refractivity contribution in [3.8, 4) is 0 Å². The summed E-state index contributed by atoms with van der Waals surface area (Å²) in [5.41, 5.74) is 0.602. The van der Waals surface area contributed by atoms with Crippen LogP contribution in [0, 0.1) is 11.3 Å². The molecule has 2 heterocycles. The summed E-state index contributed by atoms with van der Waals surface area (Å²) < 4.78 is 0. The highest BCUT2D eigenvalue weighted by Gasteiger charge is 2.26. The molecule has 0 amide bonds. The molecule has 2 rings (SSSR count). The number of hydrogen-bond donors (Lipinski definition) is 1. The molecule has 1 N–H and O–H groups in total. The van der Waals surface area contributed by atoms with Gasteiger partial charge in [-0.3, -0.25) is 0 Å². The summed E-state index contributed by atoms with van der Waals surface area (Å²) >= 11 is 0. The first kappa shape index (κ1) is 14.3. The van der Waals surface area contributed by atoms with Crippen LogP contribution in [0.2, 0.25) is 0 Å². The van der Waals surface area contributed by atoms with Crippen LogP contribution in [0.4, 0.5) is 0 Å². The van der Waals surface area contributed by atoms with E-state index >= 15 is 0 Å².